The van der Waals surface area contributed by atoms with Gasteiger partial charge in [-0.1, -0.05) is 12.1 Å². The first-order valence-electron chi connectivity index (χ1n) is 4.83. The lowest BCUT2D eigenvalue weighted by Crippen LogP contribution is -2.26. The van der Waals surface area contributed by atoms with E-state index in [0.29, 0.717) is 0 Å². The molecule has 7 N–H and O–H groups in total. The third-order valence-electron chi connectivity index (χ3n) is 1.90. The number of nitrogens with one attached hydrogen (secondary N) is 1. The van der Waals surface area contributed by atoms with Crippen molar-refractivity contribution in [2.75, 3.05) is 7.05 Å². The molecule has 8 nitrogen and oxygen atoms in total. The average Bonchev–Trinajstić information content (AvgIpc) is 2.28. The molecule has 1 aromatic carbocycles. The number of rotatable bonds is 3. The average molecular weight is 270 g/mol. The van der Waals surface area contributed by atoms with Gasteiger partial charge in [0.15, 0.2) is 5.96 Å². The van der Waals surface area contributed by atoms with Crippen molar-refractivity contribution in [2.45, 2.75) is 4.90 Å². The van der Waals surface area contributed by atoms with Crippen LogP contribution in [0.25, 0.3) is 0 Å². The Hall–Kier alpha value is -2.13. The van der Waals surface area contributed by atoms with E-state index in [-0.39, 0.29) is 22.5 Å². The number of sulfonamides is 1. The normalized spacial score (nSPS) is 12.2. The van der Waals surface area contributed by atoms with Gasteiger partial charge in [-0.15, -0.1) is 0 Å². The minimum Gasteiger partial charge on any atom is -0.370 e. The molecule has 0 aliphatic heterocycles. The minimum absolute atomic E-state index is 0.0127. The number of aliphatic imine (C=N–C) groups is 2. The van der Waals surface area contributed by atoms with Crippen molar-refractivity contribution < 1.29 is 8.42 Å². The van der Waals surface area contributed by atoms with Crippen molar-refractivity contribution in [1.29, 1.82) is 0 Å². The second-order valence-electron chi connectivity index (χ2n) is 3.18. The molecule has 0 bridgehead atoms. The van der Waals surface area contributed by atoms with Crippen molar-refractivity contribution in [2.24, 2.45) is 27.2 Å². The molecule has 0 fully saturated rings. The molecule has 1 aromatic rings. The summed E-state index contributed by atoms with van der Waals surface area (Å²) in [5, 5.41) is 0. The third-order valence-corrected chi connectivity index (χ3v) is 3.36. The first kappa shape index (κ1) is 13.9. The highest BCUT2D eigenvalue weighted by molar-refractivity contribution is 7.89. The van der Waals surface area contributed by atoms with Gasteiger partial charge in [0, 0.05) is 0 Å². The maximum absolute atomic E-state index is 11.7. The van der Waals surface area contributed by atoms with Crippen molar-refractivity contribution in [3.05, 3.63) is 24.3 Å². The smallest absolute Gasteiger partial charge is 0.242 e. The molecule has 0 unspecified atom stereocenters. The summed E-state index contributed by atoms with van der Waals surface area (Å²) >= 11 is 0. The van der Waals surface area contributed by atoms with Gasteiger partial charge in [-0.3, -0.25) is 0 Å². The van der Waals surface area contributed by atoms with Crippen LogP contribution in [0.15, 0.2) is 39.1 Å². The Morgan fingerprint density at radius 3 is 2.39 bits per heavy atom. The van der Waals surface area contributed by atoms with Crippen LogP contribution in [0.1, 0.15) is 0 Å². The molecule has 0 aliphatic carbocycles. The van der Waals surface area contributed by atoms with Crippen LogP contribution < -0.4 is 21.9 Å². The van der Waals surface area contributed by atoms with Gasteiger partial charge in [-0.25, -0.2) is 18.1 Å². The zero-order valence-electron chi connectivity index (χ0n) is 9.66. The van der Waals surface area contributed by atoms with Crippen LogP contribution in [0, 0.1) is 0 Å². The number of hydrogen-bond donors (Lipinski definition) is 4. The summed E-state index contributed by atoms with van der Waals surface area (Å²) < 4.78 is 25.6. The standard InChI is InChI=1S/C9H14N6O2S/c1-13-18(16,17)7-5-3-2-4-6(7)14-9(12)15-8(10)11/h2-5,13H,1H3,(H6,10,11,12,14,15). The Labute approximate surface area is 105 Å². The van der Waals surface area contributed by atoms with Gasteiger partial charge in [0.05, 0.1) is 5.69 Å². The van der Waals surface area contributed by atoms with E-state index >= 15 is 0 Å². The van der Waals surface area contributed by atoms with E-state index in [2.05, 4.69) is 14.7 Å². The molecular formula is C9H14N6O2S. The monoisotopic (exact) mass is 270 g/mol. The molecule has 0 aromatic heterocycles. The SMILES string of the molecule is CNS(=O)(=O)c1ccccc1N=C(N)N=C(N)N. The fourth-order valence-electron chi connectivity index (χ4n) is 1.17. The largest absolute Gasteiger partial charge is 0.370 e. The Balaban J connectivity index is 3.32. The van der Waals surface area contributed by atoms with Crippen LogP contribution >= 0.6 is 0 Å². The third kappa shape index (κ3) is 3.43. The van der Waals surface area contributed by atoms with Crippen LogP contribution in [0.5, 0.6) is 0 Å². The predicted molar refractivity (Wildman–Crippen MR) is 69.8 cm³/mol. The molecule has 98 valence electrons. The number of nitrogens with two attached hydrogens (primary N) is 3. The van der Waals surface area contributed by atoms with E-state index in [4.69, 9.17) is 17.2 Å². The summed E-state index contributed by atoms with van der Waals surface area (Å²) in [6.45, 7) is 0. The summed E-state index contributed by atoms with van der Waals surface area (Å²) in [5.74, 6) is -0.487. The van der Waals surface area contributed by atoms with E-state index in [9.17, 15) is 8.42 Å². The Morgan fingerprint density at radius 1 is 1.22 bits per heavy atom. The second-order valence-corrected chi connectivity index (χ2v) is 5.04. The van der Waals surface area contributed by atoms with E-state index < -0.39 is 10.0 Å². The first-order chi connectivity index (χ1) is 8.36. The van der Waals surface area contributed by atoms with Gasteiger partial charge in [0.25, 0.3) is 0 Å². The molecule has 0 spiro atoms. The molecule has 0 atom stereocenters. The van der Waals surface area contributed by atoms with Crippen LogP contribution in [0.2, 0.25) is 0 Å². The highest BCUT2D eigenvalue weighted by atomic mass is 32.2. The zero-order chi connectivity index (χ0) is 13.8. The molecule has 0 amide bonds. The zero-order valence-corrected chi connectivity index (χ0v) is 10.5. The molecule has 0 saturated carbocycles. The van der Waals surface area contributed by atoms with Gasteiger partial charge in [-0.2, -0.15) is 4.99 Å². The number of hydrogen-bond acceptors (Lipinski definition) is 3. The van der Waals surface area contributed by atoms with E-state index in [1.54, 1.807) is 12.1 Å². The fraction of sp³-hybridized carbons (Fsp3) is 0.111. The minimum atomic E-state index is -3.63. The van der Waals surface area contributed by atoms with E-state index in [1.165, 1.54) is 19.2 Å². The lowest BCUT2D eigenvalue weighted by molar-refractivity contribution is 0.588. The van der Waals surface area contributed by atoms with Gasteiger partial charge >= 0.3 is 0 Å². The number of nitrogens with zero attached hydrogens (tertiary/aromatic N) is 2. The van der Waals surface area contributed by atoms with Crippen molar-refractivity contribution in [3.8, 4) is 0 Å². The van der Waals surface area contributed by atoms with Crippen LogP contribution in [0.3, 0.4) is 0 Å². The Morgan fingerprint density at radius 2 is 1.83 bits per heavy atom. The molecule has 1 rings (SSSR count). The number of guanidine groups is 2. The maximum atomic E-state index is 11.7. The molecule has 9 heteroatoms. The topological polar surface area (TPSA) is 149 Å². The molecule has 0 radical (unpaired) electrons. The molecule has 0 saturated heterocycles. The lowest BCUT2D eigenvalue weighted by Gasteiger charge is -2.05. The molecule has 18 heavy (non-hydrogen) atoms. The summed E-state index contributed by atoms with van der Waals surface area (Å²) in [4.78, 5) is 7.33. The maximum Gasteiger partial charge on any atom is 0.242 e. The van der Waals surface area contributed by atoms with Crippen LogP contribution in [-0.2, 0) is 10.0 Å². The van der Waals surface area contributed by atoms with Gasteiger partial charge < -0.3 is 17.2 Å². The Kier molecular flexibility index (Phi) is 4.23. The highest BCUT2D eigenvalue weighted by Gasteiger charge is 2.15. The lowest BCUT2D eigenvalue weighted by atomic mass is 10.3. The number of para-hydroxylation sites is 1. The van der Waals surface area contributed by atoms with E-state index in [1.807, 2.05) is 0 Å². The van der Waals surface area contributed by atoms with Crippen molar-refractivity contribution in [3.63, 3.8) is 0 Å². The summed E-state index contributed by atoms with van der Waals surface area (Å²) in [5.41, 5.74) is 15.9. The highest BCUT2D eigenvalue weighted by Crippen LogP contribution is 2.23. The quantitative estimate of drug-likeness (QED) is 0.402. The Bertz CT molecular complexity index is 589. The van der Waals surface area contributed by atoms with Crippen molar-refractivity contribution >= 4 is 27.6 Å². The fourth-order valence-corrected chi connectivity index (χ4v) is 2.03. The van der Waals surface area contributed by atoms with Crippen molar-refractivity contribution in [1.82, 2.24) is 4.72 Å². The second kappa shape index (κ2) is 5.47. The van der Waals surface area contributed by atoms with Gasteiger partial charge in [-0.05, 0) is 19.2 Å². The van der Waals surface area contributed by atoms with Crippen LogP contribution in [0.4, 0.5) is 5.69 Å². The van der Waals surface area contributed by atoms with E-state index in [0.717, 1.165) is 0 Å². The van der Waals surface area contributed by atoms with Gasteiger partial charge in [0.1, 0.15) is 4.90 Å². The molecular weight excluding hydrogens is 256 g/mol. The molecule has 0 heterocycles. The predicted octanol–water partition coefficient (Wildman–Crippen LogP) is -1.19. The van der Waals surface area contributed by atoms with Gasteiger partial charge in [0.2, 0.25) is 16.0 Å². The number of benzene rings is 1. The van der Waals surface area contributed by atoms with Crippen LogP contribution in [-0.4, -0.2) is 27.4 Å². The summed E-state index contributed by atoms with van der Waals surface area (Å²) in [6, 6.07) is 6.07. The summed E-state index contributed by atoms with van der Waals surface area (Å²) in [7, 11) is -2.33. The summed E-state index contributed by atoms with van der Waals surface area (Å²) in [6.07, 6.45) is 0. The molecule has 0 aliphatic rings. The first-order valence-corrected chi connectivity index (χ1v) is 6.31.